The number of nitrogens with zero attached hydrogens (tertiary/aromatic N) is 1. The van der Waals surface area contributed by atoms with Crippen LogP contribution >= 0.6 is 0 Å². The van der Waals surface area contributed by atoms with Crippen molar-refractivity contribution in [2.45, 2.75) is 24.5 Å². The van der Waals surface area contributed by atoms with Crippen molar-refractivity contribution in [3.8, 4) is 0 Å². The van der Waals surface area contributed by atoms with E-state index in [1.165, 1.54) is 0 Å². The minimum atomic E-state index is -0.815. The third-order valence-electron chi connectivity index (χ3n) is 3.53. The molecule has 2 heterocycles. The average molecular weight is 258 g/mol. The second-order valence-corrected chi connectivity index (χ2v) is 5.09. The summed E-state index contributed by atoms with van der Waals surface area (Å²) in [5.74, 6) is -0.0675. The van der Waals surface area contributed by atoms with Gasteiger partial charge in [0.15, 0.2) is 0 Å². The second kappa shape index (κ2) is 5.97. The standard InChI is InChI=1S/C12H22N2O4/c1-14(9-12(16)2-5-17-6-3-12)11(15)10-8-13-4-7-18-10/h10,13,16H,2-9H2,1H3. The predicted molar refractivity (Wildman–Crippen MR) is 65.2 cm³/mol. The van der Waals surface area contributed by atoms with Gasteiger partial charge in [0, 0.05) is 52.7 Å². The highest BCUT2D eigenvalue weighted by Crippen LogP contribution is 2.21. The van der Waals surface area contributed by atoms with Gasteiger partial charge in [-0.15, -0.1) is 0 Å². The molecule has 0 aromatic heterocycles. The van der Waals surface area contributed by atoms with Crippen LogP contribution in [0.15, 0.2) is 0 Å². The Hall–Kier alpha value is -0.690. The zero-order valence-corrected chi connectivity index (χ0v) is 10.9. The number of rotatable bonds is 3. The number of amides is 1. The van der Waals surface area contributed by atoms with Gasteiger partial charge in [0.2, 0.25) is 0 Å². The van der Waals surface area contributed by atoms with Crippen molar-refractivity contribution < 1.29 is 19.4 Å². The fourth-order valence-corrected chi connectivity index (χ4v) is 2.40. The lowest BCUT2D eigenvalue weighted by atomic mass is 9.94. The highest BCUT2D eigenvalue weighted by atomic mass is 16.5. The van der Waals surface area contributed by atoms with Crippen molar-refractivity contribution in [3.05, 3.63) is 0 Å². The van der Waals surface area contributed by atoms with Gasteiger partial charge >= 0.3 is 0 Å². The number of morpholine rings is 1. The van der Waals surface area contributed by atoms with Gasteiger partial charge in [0.1, 0.15) is 6.10 Å². The lowest BCUT2D eigenvalue weighted by Gasteiger charge is -2.36. The SMILES string of the molecule is CN(CC1(O)CCOCC1)C(=O)C1CNCCO1. The molecular weight excluding hydrogens is 236 g/mol. The van der Waals surface area contributed by atoms with Crippen LogP contribution in [0.3, 0.4) is 0 Å². The number of likely N-dealkylation sites (N-methyl/N-ethyl adjacent to an activating group) is 1. The molecule has 6 nitrogen and oxygen atoms in total. The summed E-state index contributed by atoms with van der Waals surface area (Å²) in [7, 11) is 1.72. The summed E-state index contributed by atoms with van der Waals surface area (Å²) in [6, 6.07) is 0. The average Bonchev–Trinajstić information content (AvgIpc) is 2.39. The molecule has 0 aromatic rings. The topological polar surface area (TPSA) is 71.0 Å². The zero-order valence-electron chi connectivity index (χ0n) is 10.9. The van der Waals surface area contributed by atoms with E-state index in [1.54, 1.807) is 11.9 Å². The monoisotopic (exact) mass is 258 g/mol. The third kappa shape index (κ3) is 3.41. The first kappa shape index (κ1) is 13.7. The van der Waals surface area contributed by atoms with Crippen LogP contribution in [0.1, 0.15) is 12.8 Å². The summed E-state index contributed by atoms with van der Waals surface area (Å²) in [5, 5.41) is 13.5. The van der Waals surface area contributed by atoms with E-state index in [0.29, 0.717) is 45.8 Å². The maximum atomic E-state index is 12.1. The first-order chi connectivity index (χ1) is 8.61. The number of carbonyl (C=O) groups excluding carboxylic acids is 1. The molecule has 1 amide bonds. The Kier molecular flexibility index (Phi) is 4.55. The normalized spacial score (nSPS) is 27.8. The van der Waals surface area contributed by atoms with Crippen LogP contribution in [0, 0.1) is 0 Å². The number of ether oxygens (including phenoxy) is 2. The summed E-state index contributed by atoms with van der Waals surface area (Å²) in [4.78, 5) is 13.7. The van der Waals surface area contributed by atoms with Crippen LogP contribution in [0.5, 0.6) is 0 Å². The molecule has 2 aliphatic rings. The molecular formula is C12H22N2O4. The van der Waals surface area contributed by atoms with Crippen molar-refractivity contribution in [3.63, 3.8) is 0 Å². The van der Waals surface area contributed by atoms with E-state index in [-0.39, 0.29) is 5.91 Å². The van der Waals surface area contributed by atoms with Gasteiger partial charge in [0.25, 0.3) is 5.91 Å². The van der Waals surface area contributed by atoms with Gasteiger partial charge in [-0.1, -0.05) is 0 Å². The Morgan fingerprint density at radius 1 is 1.44 bits per heavy atom. The fourth-order valence-electron chi connectivity index (χ4n) is 2.40. The lowest BCUT2D eigenvalue weighted by molar-refractivity contribution is -0.149. The van der Waals surface area contributed by atoms with Crippen LogP contribution in [0.25, 0.3) is 0 Å². The van der Waals surface area contributed by atoms with Gasteiger partial charge in [-0.25, -0.2) is 0 Å². The lowest BCUT2D eigenvalue weighted by Crippen LogP contribution is -2.53. The minimum absolute atomic E-state index is 0.0675. The van der Waals surface area contributed by atoms with Gasteiger partial charge in [-0.2, -0.15) is 0 Å². The van der Waals surface area contributed by atoms with Gasteiger partial charge < -0.3 is 24.8 Å². The smallest absolute Gasteiger partial charge is 0.252 e. The number of hydrogen-bond donors (Lipinski definition) is 2. The maximum Gasteiger partial charge on any atom is 0.252 e. The van der Waals surface area contributed by atoms with Crippen LogP contribution < -0.4 is 5.32 Å². The Labute approximate surface area is 107 Å². The number of hydrogen-bond acceptors (Lipinski definition) is 5. The summed E-state index contributed by atoms with van der Waals surface area (Å²) >= 11 is 0. The van der Waals surface area contributed by atoms with E-state index in [9.17, 15) is 9.90 Å². The molecule has 104 valence electrons. The number of carbonyl (C=O) groups is 1. The third-order valence-corrected chi connectivity index (χ3v) is 3.53. The van der Waals surface area contributed by atoms with Crippen molar-refractivity contribution >= 4 is 5.91 Å². The van der Waals surface area contributed by atoms with E-state index in [4.69, 9.17) is 9.47 Å². The fraction of sp³-hybridized carbons (Fsp3) is 0.917. The first-order valence-electron chi connectivity index (χ1n) is 6.48. The molecule has 1 unspecified atom stereocenters. The number of nitrogens with one attached hydrogen (secondary N) is 1. The van der Waals surface area contributed by atoms with E-state index >= 15 is 0 Å². The van der Waals surface area contributed by atoms with Crippen LogP contribution in [-0.2, 0) is 14.3 Å². The van der Waals surface area contributed by atoms with E-state index in [0.717, 1.165) is 6.54 Å². The molecule has 1 atom stereocenters. The Morgan fingerprint density at radius 3 is 2.78 bits per heavy atom. The molecule has 0 spiro atoms. The Bertz CT molecular complexity index is 286. The summed E-state index contributed by atoms with van der Waals surface area (Å²) in [6.07, 6.45) is 0.732. The maximum absolute atomic E-state index is 12.1. The van der Waals surface area contributed by atoms with Crippen molar-refractivity contribution in [2.75, 3.05) is 46.5 Å². The van der Waals surface area contributed by atoms with Gasteiger partial charge in [-0.05, 0) is 0 Å². The molecule has 18 heavy (non-hydrogen) atoms. The predicted octanol–water partition coefficient (Wildman–Crippen LogP) is -1.03. The molecule has 2 saturated heterocycles. The minimum Gasteiger partial charge on any atom is -0.388 e. The molecule has 0 radical (unpaired) electrons. The largest absolute Gasteiger partial charge is 0.388 e. The van der Waals surface area contributed by atoms with Crippen molar-refractivity contribution in [1.82, 2.24) is 10.2 Å². The highest BCUT2D eigenvalue weighted by Gasteiger charge is 2.34. The van der Waals surface area contributed by atoms with Gasteiger partial charge in [0.05, 0.1) is 12.2 Å². The van der Waals surface area contributed by atoms with Crippen molar-refractivity contribution in [1.29, 1.82) is 0 Å². The molecule has 2 fully saturated rings. The molecule has 0 bridgehead atoms. The Morgan fingerprint density at radius 2 is 2.17 bits per heavy atom. The van der Waals surface area contributed by atoms with Crippen LogP contribution in [0.4, 0.5) is 0 Å². The summed E-state index contributed by atoms with van der Waals surface area (Å²) in [5.41, 5.74) is -0.815. The van der Waals surface area contributed by atoms with Crippen LogP contribution in [-0.4, -0.2) is 74.1 Å². The van der Waals surface area contributed by atoms with E-state index < -0.39 is 11.7 Å². The summed E-state index contributed by atoms with van der Waals surface area (Å²) < 4.78 is 10.6. The Balaban J connectivity index is 1.85. The molecule has 0 saturated carbocycles. The van der Waals surface area contributed by atoms with E-state index in [2.05, 4.69) is 5.32 Å². The molecule has 2 aliphatic heterocycles. The second-order valence-electron chi connectivity index (χ2n) is 5.09. The molecule has 0 aliphatic carbocycles. The van der Waals surface area contributed by atoms with Crippen LogP contribution in [0.2, 0.25) is 0 Å². The zero-order chi connectivity index (χ0) is 13.0. The van der Waals surface area contributed by atoms with Crippen molar-refractivity contribution in [2.24, 2.45) is 0 Å². The molecule has 6 heteroatoms. The first-order valence-corrected chi connectivity index (χ1v) is 6.48. The molecule has 0 aromatic carbocycles. The number of aliphatic hydroxyl groups is 1. The highest BCUT2D eigenvalue weighted by molar-refractivity contribution is 5.81. The van der Waals surface area contributed by atoms with Gasteiger partial charge in [-0.3, -0.25) is 4.79 Å². The molecule has 2 rings (SSSR count). The molecule has 2 N–H and O–H groups in total. The van der Waals surface area contributed by atoms with E-state index in [1.807, 2.05) is 0 Å². The quantitative estimate of drug-likeness (QED) is 0.678. The summed E-state index contributed by atoms with van der Waals surface area (Å²) in [6.45, 7) is 3.34.